The van der Waals surface area contributed by atoms with Crippen molar-refractivity contribution in [3.05, 3.63) is 64.7 Å². The van der Waals surface area contributed by atoms with Crippen molar-refractivity contribution < 1.29 is 17.9 Å². The molecule has 24 heavy (non-hydrogen) atoms. The van der Waals surface area contributed by atoms with Gasteiger partial charge in [-0.1, -0.05) is 23.4 Å². The fourth-order valence-corrected chi connectivity index (χ4v) is 3.66. The normalized spacial score (nSPS) is 11.3. The minimum Gasteiger partial charge on any atom is -0.366 e. The lowest BCUT2D eigenvalue weighted by Gasteiger charge is -2.05. The molecular weight excluding hydrogens is 334 g/mol. The summed E-state index contributed by atoms with van der Waals surface area (Å²) < 4.78 is 30.4. The van der Waals surface area contributed by atoms with Gasteiger partial charge in [-0.25, -0.2) is 8.42 Å². The van der Waals surface area contributed by atoms with Gasteiger partial charge in [-0.15, -0.1) is 0 Å². The van der Waals surface area contributed by atoms with Crippen LogP contribution in [0.3, 0.4) is 0 Å². The fraction of sp³-hybridized carbons (Fsp3) is 0. The summed E-state index contributed by atoms with van der Waals surface area (Å²) >= 11 is 0. The number of aromatic nitrogens is 1. The zero-order chi connectivity index (χ0) is 17.3. The third-order valence-electron chi connectivity index (χ3n) is 3.35. The summed E-state index contributed by atoms with van der Waals surface area (Å²) in [5, 5.41) is 14.4. The number of benzene rings is 2. The van der Waals surface area contributed by atoms with Crippen LogP contribution in [0.25, 0.3) is 11.3 Å². The first kappa shape index (κ1) is 15.7. The summed E-state index contributed by atoms with van der Waals surface area (Å²) in [7, 11) is -3.95. The number of nitrogens with zero attached hydrogens (tertiary/aromatic N) is 2. The number of nitrogens with two attached hydrogens (primary N) is 1. The van der Waals surface area contributed by atoms with Crippen LogP contribution in [0.1, 0.15) is 0 Å². The van der Waals surface area contributed by atoms with Crippen LogP contribution in [0.5, 0.6) is 0 Å². The summed E-state index contributed by atoms with van der Waals surface area (Å²) in [4.78, 5) is 9.95. The second kappa shape index (κ2) is 5.78. The molecule has 0 spiro atoms. The van der Waals surface area contributed by atoms with Gasteiger partial charge in [0.25, 0.3) is 5.69 Å². The van der Waals surface area contributed by atoms with Gasteiger partial charge in [-0.3, -0.25) is 10.1 Å². The number of nitro benzene ring substituents is 1. The van der Waals surface area contributed by atoms with E-state index in [1.54, 1.807) is 18.2 Å². The number of nitrogen functional groups attached to an aromatic ring is 1. The number of anilines is 1. The lowest BCUT2D eigenvalue weighted by atomic mass is 10.1. The van der Waals surface area contributed by atoms with Crippen LogP contribution in [0.4, 0.5) is 11.6 Å². The number of nitro groups is 1. The predicted octanol–water partition coefficient (Wildman–Crippen LogP) is 2.66. The zero-order valence-electron chi connectivity index (χ0n) is 12.1. The number of hydrogen-bond acceptors (Lipinski definition) is 7. The van der Waals surface area contributed by atoms with Gasteiger partial charge >= 0.3 is 0 Å². The van der Waals surface area contributed by atoms with Gasteiger partial charge in [-0.05, 0) is 24.3 Å². The van der Waals surface area contributed by atoms with Gasteiger partial charge < -0.3 is 10.3 Å². The average Bonchev–Trinajstić information content (AvgIpc) is 2.98. The van der Waals surface area contributed by atoms with Crippen molar-refractivity contribution in [3.8, 4) is 11.3 Å². The maximum absolute atomic E-state index is 12.8. The summed E-state index contributed by atoms with van der Waals surface area (Å²) in [5.74, 6) is -0.341. The largest absolute Gasteiger partial charge is 0.366 e. The molecule has 0 bridgehead atoms. The van der Waals surface area contributed by atoms with E-state index in [9.17, 15) is 18.5 Å². The second-order valence-corrected chi connectivity index (χ2v) is 6.73. The predicted molar refractivity (Wildman–Crippen MR) is 84.9 cm³/mol. The summed E-state index contributed by atoms with van der Waals surface area (Å²) in [6.45, 7) is 0. The maximum atomic E-state index is 12.8. The molecule has 0 aliphatic rings. The fourth-order valence-electron chi connectivity index (χ4n) is 2.20. The first-order chi connectivity index (χ1) is 11.4. The molecule has 1 heterocycles. The first-order valence-corrected chi connectivity index (χ1v) is 8.19. The Morgan fingerprint density at radius 2 is 1.67 bits per heavy atom. The molecule has 0 amide bonds. The Morgan fingerprint density at radius 3 is 2.25 bits per heavy atom. The van der Waals surface area contributed by atoms with E-state index >= 15 is 0 Å². The van der Waals surface area contributed by atoms with Gasteiger partial charge in [0.15, 0.2) is 4.90 Å². The van der Waals surface area contributed by atoms with Crippen LogP contribution in [-0.2, 0) is 9.84 Å². The van der Waals surface area contributed by atoms with Crippen molar-refractivity contribution in [2.75, 3.05) is 5.73 Å². The highest BCUT2D eigenvalue weighted by Crippen LogP contribution is 2.35. The van der Waals surface area contributed by atoms with Crippen LogP contribution in [0, 0.1) is 10.1 Å². The Kier molecular flexibility index (Phi) is 3.78. The Morgan fingerprint density at radius 1 is 1.04 bits per heavy atom. The second-order valence-electron chi connectivity index (χ2n) is 4.85. The molecule has 8 nitrogen and oxygen atoms in total. The highest BCUT2D eigenvalue weighted by atomic mass is 32.2. The average molecular weight is 345 g/mol. The highest BCUT2D eigenvalue weighted by Gasteiger charge is 2.29. The SMILES string of the molecule is Nc1onc(-c2ccc([N+](=O)[O-])cc2)c1S(=O)(=O)c1ccccc1. The molecule has 1 aromatic heterocycles. The van der Waals surface area contributed by atoms with Crippen LogP contribution in [0.2, 0.25) is 0 Å². The van der Waals surface area contributed by atoms with Crippen LogP contribution in [-0.4, -0.2) is 18.5 Å². The molecule has 0 unspecified atom stereocenters. The van der Waals surface area contributed by atoms with Gasteiger partial charge in [0, 0.05) is 17.7 Å². The number of rotatable bonds is 4. The van der Waals surface area contributed by atoms with E-state index in [2.05, 4.69) is 5.16 Å². The van der Waals surface area contributed by atoms with Gasteiger partial charge in [0.2, 0.25) is 15.7 Å². The molecule has 3 aromatic rings. The molecule has 0 saturated carbocycles. The minimum atomic E-state index is -3.95. The molecule has 0 aliphatic heterocycles. The van der Waals surface area contributed by atoms with Crippen molar-refractivity contribution in [2.45, 2.75) is 9.79 Å². The van der Waals surface area contributed by atoms with Gasteiger partial charge in [0.1, 0.15) is 5.69 Å². The van der Waals surface area contributed by atoms with E-state index in [0.29, 0.717) is 5.56 Å². The minimum absolute atomic E-state index is 0.00579. The molecule has 0 saturated heterocycles. The highest BCUT2D eigenvalue weighted by molar-refractivity contribution is 7.91. The molecule has 9 heteroatoms. The van der Waals surface area contributed by atoms with Crippen LogP contribution in [0.15, 0.2) is 68.9 Å². The molecule has 0 fully saturated rings. The van der Waals surface area contributed by atoms with Crippen molar-refractivity contribution in [1.82, 2.24) is 5.16 Å². The summed E-state index contributed by atoms with van der Waals surface area (Å²) in [6, 6.07) is 13.0. The van der Waals surface area contributed by atoms with Crippen molar-refractivity contribution in [1.29, 1.82) is 0 Å². The third-order valence-corrected chi connectivity index (χ3v) is 5.17. The smallest absolute Gasteiger partial charge is 0.269 e. The van der Waals surface area contributed by atoms with Crippen molar-refractivity contribution in [2.24, 2.45) is 0 Å². The number of sulfone groups is 1. The maximum Gasteiger partial charge on any atom is 0.269 e. The van der Waals surface area contributed by atoms with E-state index in [-0.39, 0.29) is 27.1 Å². The molecule has 0 aliphatic carbocycles. The number of non-ortho nitro benzene ring substituents is 1. The Hall–Kier alpha value is -3.20. The Bertz CT molecular complexity index is 995. The standard InChI is InChI=1S/C15H11N3O5S/c16-15-14(24(21,22)12-4-2-1-3-5-12)13(17-23-15)10-6-8-11(9-7-10)18(19)20/h1-9H,16H2. The van der Waals surface area contributed by atoms with Crippen LogP contribution >= 0.6 is 0 Å². The molecule has 122 valence electrons. The zero-order valence-corrected chi connectivity index (χ0v) is 12.9. The van der Waals surface area contributed by atoms with E-state index in [1.165, 1.54) is 36.4 Å². The molecule has 2 aromatic carbocycles. The van der Waals surface area contributed by atoms with Crippen LogP contribution < -0.4 is 5.73 Å². The molecule has 0 atom stereocenters. The quantitative estimate of drug-likeness (QED) is 0.568. The molecule has 2 N–H and O–H groups in total. The van der Waals surface area contributed by atoms with E-state index in [1.807, 2.05) is 0 Å². The lowest BCUT2D eigenvalue weighted by molar-refractivity contribution is -0.384. The van der Waals surface area contributed by atoms with Gasteiger partial charge in [0.05, 0.1) is 9.82 Å². The first-order valence-electron chi connectivity index (χ1n) is 6.71. The summed E-state index contributed by atoms with van der Waals surface area (Å²) in [5.41, 5.74) is 5.89. The number of hydrogen-bond donors (Lipinski definition) is 1. The van der Waals surface area contributed by atoms with Crippen molar-refractivity contribution in [3.63, 3.8) is 0 Å². The summed E-state index contributed by atoms with van der Waals surface area (Å²) in [6.07, 6.45) is 0. The molecule has 3 rings (SSSR count). The molecule has 0 radical (unpaired) electrons. The van der Waals surface area contributed by atoms with E-state index in [4.69, 9.17) is 10.3 Å². The van der Waals surface area contributed by atoms with E-state index in [0.717, 1.165) is 0 Å². The monoisotopic (exact) mass is 345 g/mol. The third kappa shape index (κ3) is 2.61. The topological polar surface area (TPSA) is 129 Å². The van der Waals surface area contributed by atoms with E-state index < -0.39 is 14.8 Å². The van der Waals surface area contributed by atoms with Gasteiger partial charge in [-0.2, -0.15) is 0 Å². The Balaban J connectivity index is 2.15. The Labute approximate surface area is 136 Å². The lowest BCUT2D eigenvalue weighted by Crippen LogP contribution is -2.05. The van der Waals surface area contributed by atoms with Crippen molar-refractivity contribution >= 4 is 21.4 Å². The molecular formula is C15H11N3O5S.